The number of aromatic nitrogens is 2. The minimum absolute atomic E-state index is 0.0467. The lowest BCUT2D eigenvalue weighted by molar-refractivity contribution is -0.133. The van der Waals surface area contributed by atoms with Crippen LogP contribution in [0.25, 0.3) is 10.1 Å². The smallest absolute Gasteiger partial charge is 0.227 e. The molecule has 0 aliphatic carbocycles. The Bertz CT molecular complexity index is 961. The summed E-state index contributed by atoms with van der Waals surface area (Å²) in [5.74, 6) is 0.0393. The predicted octanol–water partition coefficient (Wildman–Crippen LogP) is 2.36. The van der Waals surface area contributed by atoms with Crippen molar-refractivity contribution < 1.29 is 9.59 Å². The molecule has 0 bridgehead atoms. The molecule has 0 saturated heterocycles. The fraction of sp³-hybridized carbons (Fsp3) is 0.316. The minimum atomic E-state index is -0.128. The molecule has 3 heterocycles. The molecule has 0 unspecified atom stereocenters. The highest BCUT2D eigenvalue weighted by atomic mass is 32.1. The quantitative estimate of drug-likeness (QED) is 0.769. The van der Waals surface area contributed by atoms with Gasteiger partial charge in [0.2, 0.25) is 11.8 Å². The summed E-state index contributed by atoms with van der Waals surface area (Å²) in [5.41, 5.74) is 2.03. The summed E-state index contributed by atoms with van der Waals surface area (Å²) in [6.45, 7) is 1.04. The lowest BCUT2D eigenvalue weighted by Crippen LogP contribution is -2.43. The van der Waals surface area contributed by atoms with Crippen LogP contribution in [-0.2, 0) is 22.6 Å². The van der Waals surface area contributed by atoms with Crippen LogP contribution in [0.2, 0.25) is 0 Å². The summed E-state index contributed by atoms with van der Waals surface area (Å²) in [5, 5.41) is 10.2. The molecular formula is C19H20N4O2S. The summed E-state index contributed by atoms with van der Waals surface area (Å²) in [6, 6.07) is 9.94. The number of nitrogens with one attached hydrogen (secondary N) is 1. The van der Waals surface area contributed by atoms with Gasteiger partial charge in [-0.05, 0) is 28.5 Å². The molecule has 0 spiro atoms. The first-order valence-corrected chi connectivity index (χ1v) is 9.49. The Kier molecular flexibility index (Phi) is 4.46. The molecule has 6 nitrogen and oxygen atoms in total. The molecule has 1 aliphatic heterocycles. The number of benzene rings is 1. The second-order valence-corrected chi connectivity index (χ2v) is 7.42. The van der Waals surface area contributed by atoms with Gasteiger partial charge >= 0.3 is 0 Å². The first-order valence-electron chi connectivity index (χ1n) is 8.61. The van der Waals surface area contributed by atoms with Gasteiger partial charge < -0.3 is 10.2 Å². The van der Waals surface area contributed by atoms with Gasteiger partial charge in [-0.2, -0.15) is 5.10 Å². The SMILES string of the molecule is CNC(=O)C[C@H]1CN(C(=O)Cc2csc3ccccc23)Cc2ccnn21. The molecule has 0 saturated carbocycles. The third-order valence-electron chi connectivity index (χ3n) is 4.84. The third kappa shape index (κ3) is 3.10. The summed E-state index contributed by atoms with van der Waals surface area (Å²) in [6.07, 6.45) is 2.42. The zero-order valence-electron chi connectivity index (χ0n) is 14.5. The van der Waals surface area contributed by atoms with Crippen LogP contribution in [0, 0.1) is 0 Å². The number of thiophene rings is 1. The largest absolute Gasteiger partial charge is 0.359 e. The van der Waals surface area contributed by atoms with Crippen LogP contribution >= 0.6 is 11.3 Å². The molecule has 1 atom stereocenters. The van der Waals surface area contributed by atoms with Crippen LogP contribution in [0.1, 0.15) is 23.7 Å². The fourth-order valence-corrected chi connectivity index (χ4v) is 4.45. The second kappa shape index (κ2) is 6.92. The number of hydrogen-bond acceptors (Lipinski definition) is 4. The Morgan fingerprint density at radius 2 is 2.15 bits per heavy atom. The average molecular weight is 368 g/mol. The van der Waals surface area contributed by atoms with Gasteiger partial charge in [-0.15, -0.1) is 11.3 Å². The van der Waals surface area contributed by atoms with Gasteiger partial charge in [0.1, 0.15) is 0 Å². The standard InChI is InChI=1S/C19H20N4O2S/c1-20-18(24)9-15-11-22(10-14-6-7-21-23(14)15)19(25)8-13-12-26-17-5-3-2-4-16(13)17/h2-7,12,15H,8-11H2,1H3,(H,20,24)/t15-/m0/s1. The molecule has 2 aromatic heterocycles. The number of fused-ring (bicyclic) bond motifs is 2. The van der Waals surface area contributed by atoms with E-state index in [1.165, 1.54) is 4.70 Å². The first-order chi connectivity index (χ1) is 12.7. The van der Waals surface area contributed by atoms with E-state index in [-0.39, 0.29) is 17.9 Å². The van der Waals surface area contributed by atoms with Crippen LogP contribution < -0.4 is 5.32 Å². The second-order valence-electron chi connectivity index (χ2n) is 6.51. The van der Waals surface area contributed by atoms with E-state index in [0.29, 0.717) is 25.9 Å². The molecule has 0 radical (unpaired) electrons. The van der Waals surface area contributed by atoms with E-state index in [1.807, 2.05) is 27.8 Å². The van der Waals surface area contributed by atoms with Gasteiger partial charge in [-0.3, -0.25) is 14.3 Å². The van der Waals surface area contributed by atoms with Crippen molar-refractivity contribution in [1.29, 1.82) is 0 Å². The van der Waals surface area contributed by atoms with E-state index < -0.39 is 0 Å². The molecule has 1 aromatic carbocycles. The Morgan fingerprint density at radius 1 is 1.31 bits per heavy atom. The van der Waals surface area contributed by atoms with E-state index in [1.54, 1.807) is 24.6 Å². The van der Waals surface area contributed by atoms with Gasteiger partial charge in [-0.1, -0.05) is 18.2 Å². The summed E-state index contributed by atoms with van der Waals surface area (Å²) < 4.78 is 3.07. The van der Waals surface area contributed by atoms with Crippen molar-refractivity contribution in [3.05, 3.63) is 53.2 Å². The highest BCUT2D eigenvalue weighted by molar-refractivity contribution is 7.17. The summed E-state index contributed by atoms with van der Waals surface area (Å²) >= 11 is 1.67. The van der Waals surface area contributed by atoms with Crippen molar-refractivity contribution in [2.24, 2.45) is 0 Å². The lowest BCUT2D eigenvalue weighted by atomic mass is 10.1. The molecule has 3 aromatic rings. The van der Waals surface area contributed by atoms with Crippen LogP contribution in [0.3, 0.4) is 0 Å². The van der Waals surface area contributed by atoms with Gasteiger partial charge in [0.15, 0.2) is 0 Å². The van der Waals surface area contributed by atoms with Gasteiger partial charge in [0, 0.05) is 24.5 Å². The van der Waals surface area contributed by atoms with Crippen LogP contribution in [0.5, 0.6) is 0 Å². The highest BCUT2D eigenvalue weighted by Crippen LogP contribution is 2.28. The third-order valence-corrected chi connectivity index (χ3v) is 5.85. The van der Waals surface area contributed by atoms with E-state index in [2.05, 4.69) is 27.9 Å². The number of carbonyl (C=O) groups is 2. The van der Waals surface area contributed by atoms with E-state index in [9.17, 15) is 9.59 Å². The monoisotopic (exact) mass is 368 g/mol. The summed E-state index contributed by atoms with van der Waals surface area (Å²) in [7, 11) is 1.62. The van der Waals surface area contributed by atoms with Crippen molar-refractivity contribution in [1.82, 2.24) is 20.0 Å². The van der Waals surface area contributed by atoms with E-state index in [0.717, 1.165) is 16.6 Å². The van der Waals surface area contributed by atoms with E-state index >= 15 is 0 Å². The maximum absolute atomic E-state index is 12.9. The van der Waals surface area contributed by atoms with Crippen molar-refractivity contribution >= 4 is 33.2 Å². The Balaban J connectivity index is 1.54. The Labute approximate surface area is 155 Å². The lowest BCUT2D eigenvalue weighted by Gasteiger charge is -2.33. The van der Waals surface area contributed by atoms with Crippen molar-refractivity contribution in [3.8, 4) is 0 Å². The normalized spacial score (nSPS) is 16.5. The first kappa shape index (κ1) is 16.8. The minimum Gasteiger partial charge on any atom is -0.359 e. The molecular weight excluding hydrogens is 348 g/mol. The topological polar surface area (TPSA) is 67.2 Å². The maximum Gasteiger partial charge on any atom is 0.227 e. The molecule has 1 N–H and O–H groups in total. The molecule has 7 heteroatoms. The van der Waals surface area contributed by atoms with Gasteiger partial charge in [-0.25, -0.2) is 0 Å². The van der Waals surface area contributed by atoms with Gasteiger partial charge in [0.05, 0.1) is 31.1 Å². The van der Waals surface area contributed by atoms with Gasteiger partial charge in [0.25, 0.3) is 0 Å². The van der Waals surface area contributed by atoms with E-state index in [4.69, 9.17) is 0 Å². The molecule has 4 rings (SSSR count). The van der Waals surface area contributed by atoms with Crippen molar-refractivity contribution in [2.75, 3.05) is 13.6 Å². The highest BCUT2D eigenvalue weighted by Gasteiger charge is 2.30. The molecule has 134 valence electrons. The number of carbonyl (C=O) groups excluding carboxylic acids is 2. The molecule has 1 aliphatic rings. The van der Waals surface area contributed by atoms with Crippen LogP contribution in [-0.4, -0.2) is 40.1 Å². The van der Waals surface area contributed by atoms with Crippen LogP contribution in [0.15, 0.2) is 41.9 Å². The summed E-state index contributed by atoms with van der Waals surface area (Å²) in [4.78, 5) is 26.6. The molecule has 2 amide bonds. The van der Waals surface area contributed by atoms with Crippen molar-refractivity contribution in [3.63, 3.8) is 0 Å². The van der Waals surface area contributed by atoms with Crippen LogP contribution in [0.4, 0.5) is 0 Å². The van der Waals surface area contributed by atoms with Crippen molar-refractivity contribution in [2.45, 2.75) is 25.4 Å². The zero-order valence-corrected chi connectivity index (χ0v) is 15.3. The Morgan fingerprint density at radius 3 is 3.00 bits per heavy atom. The Hall–Kier alpha value is -2.67. The molecule has 0 fully saturated rings. The zero-order chi connectivity index (χ0) is 18.1. The molecule has 26 heavy (non-hydrogen) atoms. The number of nitrogens with zero attached hydrogens (tertiary/aromatic N) is 3. The maximum atomic E-state index is 12.9. The number of hydrogen-bond donors (Lipinski definition) is 1. The average Bonchev–Trinajstić information content (AvgIpc) is 3.29. The predicted molar refractivity (Wildman–Crippen MR) is 101 cm³/mol. The fourth-order valence-electron chi connectivity index (χ4n) is 3.49. The number of rotatable bonds is 4. The number of amides is 2.